The van der Waals surface area contributed by atoms with E-state index in [9.17, 15) is 13.2 Å². The number of nitrogens with one attached hydrogen (secondary N) is 1. The van der Waals surface area contributed by atoms with Crippen molar-refractivity contribution in [3.63, 3.8) is 0 Å². The van der Waals surface area contributed by atoms with Gasteiger partial charge in [-0.3, -0.25) is 4.79 Å². The maximum atomic E-state index is 12.7. The Balaban J connectivity index is 1.59. The Labute approximate surface area is 192 Å². The number of sulfonamides is 1. The number of carbonyl (C=O) groups excluding carboxylic acids is 1. The first-order chi connectivity index (χ1) is 15.3. The van der Waals surface area contributed by atoms with E-state index in [0.29, 0.717) is 27.8 Å². The summed E-state index contributed by atoms with van der Waals surface area (Å²) in [6.45, 7) is 0.368. The normalized spacial score (nSPS) is 11.2. The van der Waals surface area contributed by atoms with Crippen molar-refractivity contribution < 1.29 is 22.7 Å². The monoisotopic (exact) mass is 474 g/mol. The van der Waals surface area contributed by atoms with Crippen molar-refractivity contribution in [3.05, 3.63) is 83.4 Å². The van der Waals surface area contributed by atoms with Crippen LogP contribution in [-0.4, -0.2) is 45.9 Å². The summed E-state index contributed by atoms with van der Waals surface area (Å²) in [5.41, 5.74) is 0.964. The van der Waals surface area contributed by atoms with Gasteiger partial charge in [0, 0.05) is 24.8 Å². The molecule has 0 saturated heterocycles. The zero-order valence-corrected chi connectivity index (χ0v) is 19.2. The van der Waals surface area contributed by atoms with E-state index in [1.54, 1.807) is 42.5 Å². The van der Waals surface area contributed by atoms with E-state index in [1.165, 1.54) is 26.2 Å². The lowest BCUT2D eigenvalue weighted by molar-refractivity contribution is 0.102. The first-order valence-electron chi connectivity index (χ1n) is 9.71. The number of halogens is 1. The largest absolute Gasteiger partial charge is 0.490 e. The third kappa shape index (κ3) is 6.00. The lowest BCUT2D eigenvalue weighted by atomic mass is 10.2. The molecule has 3 rings (SSSR count). The molecule has 0 aliphatic heterocycles. The Morgan fingerprint density at radius 3 is 2.25 bits per heavy atom. The van der Waals surface area contributed by atoms with Gasteiger partial charge in [0.05, 0.1) is 10.5 Å². The number of hydrogen-bond donors (Lipinski definition) is 1. The minimum atomic E-state index is -3.49. The van der Waals surface area contributed by atoms with Crippen molar-refractivity contribution in [2.24, 2.45) is 0 Å². The van der Waals surface area contributed by atoms with E-state index < -0.39 is 10.0 Å². The summed E-state index contributed by atoms with van der Waals surface area (Å²) in [5.74, 6) is 0.538. The molecule has 0 atom stereocenters. The first-order valence-corrected chi connectivity index (χ1v) is 11.5. The number of anilines is 1. The molecule has 0 heterocycles. The summed E-state index contributed by atoms with van der Waals surface area (Å²) in [7, 11) is -0.541. The molecular formula is C23H23ClN2O5S. The molecule has 0 saturated carbocycles. The van der Waals surface area contributed by atoms with Crippen LogP contribution in [0.15, 0.2) is 77.7 Å². The molecule has 0 aliphatic carbocycles. The number of para-hydroxylation sites is 1. The fraction of sp³-hybridized carbons (Fsp3) is 0.174. The van der Waals surface area contributed by atoms with Gasteiger partial charge in [-0.1, -0.05) is 29.8 Å². The molecule has 0 unspecified atom stereocenters. The first kappa shape index (κ1) is 23.6. The minimum absolute atomic E-state index is 0.172. The fourth-order valence-electron chi connectivity index (χ4n) is 2.76. The van der Waals surface area contributed by atoms with Crippen molar-refractivity contribution in [2.75, 3.05) is 32.6 Å². The van der Waals surface area contributed by atoms with Crippen LogP contribution in [-0.2, 0) is 10.0 Å². The second-order valence-electron chi connectivity index (χ2n) is 6.92. The summed E-state index contributed by atoms with van der Waals surface area (Å²) in [5, 5.41) is 3.22. The highest BCUT2D eigenvalue weighted by atomic mass is 35.5. The van der Waals surface area contributed by atoms with Crippen molar-refractivity contribution in [1.29, 1.82) is 0 Å². The zero-order valence-electron chi connectivity index (χ0n) is 17.6. The second-order valence-corrected chi connectivity index (χ2v) is 9.50. The van der Waals surface area contributed by atoms with Gasteiger partial charge >= 0.3 is 0 Å². The smallest absolute Gasteiger partial charge is 0.259 e. The summed E-state index contributed by atoms with van der Waals surface area (Å²) >= 11 is 6.06. The van der Waals surface area contributed by atoms with Crippen LogP contribution in [0.3, 0.4) is 0 Å². The Morgan fingerprint density at radius 2 is 1.59 bits per heavy atom. The van der Waals surface area contributed by atoms with E-state index in [1.807, 2.05) is 18.2 Å². The lowest BCUT2D eigenvalue weighted by Gasteiger charge is -2.14. The fourth-order valence-corrected chi connectivity index (χ4v) is 3.83. The molecule has 3 aromatic carbocycles. The van der Waals surface area contributed by atoms with Gasteiger partial charge in [0.2, 0.25) is 10.0 Å². The van der Waals surface area contributed by atoms with Gasteiger partial charge in [-0.2, -0.15) is 0 Å². The van der Waals surface area contributed by atoms with Crippen LogP contribution in [0.2, 0.25) is 5.02 Å². The highest BCUT2D eigenvalue weighted by Crippen LogP contribution is 2.24. The van der Waals surface area contributed by atoms with Crippen LogP contribution in [0, 0.1) is 0 Å². The SMILES string of the molecule is CN(C)S(=O)(=O)c1ccc(OCCOc2ccc(Cl)cc2C(=O)Nc2ccccc2)cc1. The Hall–Kier alpha value is -3.07. The summed E-state index contributed by atoms with van der Waals surface area (Å²) in [6, 6.07) is 20.0. The molecule has 0 spiro atoms. The van der Waals surface area contributed by atoms with Gasteiger partial charge in [0.15, 0.2) is 0 Å². The molecule has 0 aromatic heterocycles. The second kappa shape index (κ2) is 10.5. The summed E-state index contributed by atoms with van der Waals surface area (Å²) in [6.07, 6.45) is 0. The maximum Gasteiger partial charge on any atom is 0.259 e. The van der Waals surface area contributed by atoms with Crippen LogP contribution in [0.5, 0.6) is 11.5 Å². The molecule has 0 radical (unpaired) electrons. The van der Waals surface area contributed by atoms with Crippen LogP contribution >= 0.6 is 11.6 Å². The molecule has 0 bridgehead atoms. The number of hydrogen-bond acceptors (Lipinski definition) is 5. The molecule has 7 nitrogen and oxygen atoms in total. The quantitative estimate of drug-likeness (QED) is 0.467. The zero-order chi connectivity index (χ0) is 23.1. The van der Waals surface area contributed by atoms with E-state index in [-0.39, 0.29) is 24.0 Å². The average Bonchev–Trinajstić information content (AvgIpc) is 2.78. The molecule has 0 fully saturated rings. The molecular weight excluding hydrogens is 452 g/mol. The van der Waals surface area contributed by atoms with E-state index in [0.717, 1.165) is 4.31 Å². The topological polar surface area (TPSA) is 84.9 Å². The molecule has 0 aliphatic rings. The standard InChI is InChI=1S/C23H23ClN2O5S/c1-26(2)32(28,29)20-11-9-19(10-12-20)30-14-15-31-22-13-8-17(24)16-21(22)23(27)25-18-6-4-3-5-7-18/h3-13,16H,14-15H2,1-2H3,(H,25,27). The molecule has 1 N–H and O–H groups in total. The van der Waals surface area contributed by atoms with E-state index in [4.69, 9.17) is 21.1 Å². The van der Waals surface area contributed by atoms with Gasteiger partial charge in [0.25, 0.3) is 5.91 Å². The molecule has 9 heteroatoms. The van der Waals surface area contributed by atoms with E-state index in [2.05, 4.69) is 5.32 Å². The third-order valence-electron chi connectivity index (χ3n) is 4.43. The van der Waals surface area contributed by atoms with Crippen LogP contribution < -0.4 is 14.8 Å². The highest BCUT2D eigenvalue weighted by molar-refractivity contribution is 7.89. The van der Waals surface area contributed by atoms with Gasteiger partial charge < -0.3 is 14.8 Å². The minimum Gasteiger partial charge on any atom is -0.490 e. The van der Waals surface area contributed by atoms with Crippen LogP contribution in [0.4, 0.5) is 5.69 Å². The number of ether oxygens (including phenoxy) is 2. The Kier molecular flexibility index (Phi) is 7.74. The Bertz CT molecular complexity index is 1170. The molecule has 32 heavy (non-hydrogen) atoms. The summed E-state index contributed by atoms with van der Waals surface area (Å²) in [4.78, 5) is 12.9. The van der Waals surface area contributed by atoms with Crippen molar-refractivity contribution in [1.82, 2.24) is 4.31 Å². The van der Waals surface area contributed by atoms with Crippen molar-refractivity contribution in [2.45, 2.75) is 4.90 Å². The third-order valence-corrected chi connectivity index (χ3v) is 6.49. The number of rotatable bonds is 9. The number of nitrogens with zero attached hydrogens (tertiary/aromatic N) is 1. The number of amides is 1. The van der Waals surface area contributed by atoms with Crippen LogP contribution in [0.1, 0.15) is 10.4 Å². The van der Waals surface area contributed by atoms with Gasteiger partial charge in [0.1, 0.15) is 24.7 Å². The highest BCUT2D eigenvalue weighted by Gasteiger charge is 2.17. The average molecular weight is 475 g/mol. The Morgan fingerprint density at radius 1 is 0.938 bits per heavy atom. The molecule has 168 valence electrons. The summed E-state index contributed by atoms with van der Waals surface area (Å²) < 4.78 is 36.7. The molecule has 3 aromatic rings. The number of carbonyl (C=O) groups is 1. The van der Waals surface area contributed by atoms with Gasteiger partial charge in [-0.15, -0.1) is 0 Å². The predicted molar refractivity (Wildman–Crippen MR) is 124 cm³/mol. The predicted octanol–water partition coefficient (Wildman–Crippen LogP) is 4.30. The maximum absolute atomic E-state index is 12.7. The van der Waals surface area contributed by atoms with Gasteiger partial charge in [-0.25, -0.2) is 12.7 Å². The van der Waals surface area contributed by atoms with E-state index >= 15 is 0 Å². The van der Waals surface area contributed by atoms with Gasteiger partial charge in [-0.05, 0) is 54.6 Å². The van der Waals surface area contributed by atoms with Crippen molar-refractivity contribution in [3.8, 4) is 11.5 Å². The van der Waals surface area contributed by atoms with Crippen LogP contribution in [0.25, 0.3) is 0 Å². The van der Waals surface area contributed by atoms with Crippen molar-refractivity contribution >= 4 is 33.2 Å². The lowest BCUT2D eigenvalue weighted by Crippen LogP contribution is -2.22. The number of benzene rings is 3. The molecule has 1 amide bonds.